The van der Waals surface area contributed by atoms with Gasteiger partial charge in [-0.2, -0.15) is 0 Å². The number of hydrogen-bond acceptors (Lipinski definition) is 4. The molecule has 0 bridgehead atoms. The fraction of sp³-hybridized carbons (Fsp3) is 0.412. The highest BCUT2D eigenvalue weighted by molar-refractivity contribution is 7.91. The molecular weight excluding hydrogens is 328 g/mol. The van der Waals surface area contributed by atoms with Crippen LogP contribution in [0.5, 0.6) is 0 Å². The fourth-order valence-electron chi connectivity index (χ4n) is 3.11. The molecule has 2 heterocycles. The summed E-state index contributed by atoms with van der Waals surface area (Å²) in [6.07, 6.45) is 7.50. The van der Waals surface area contributed by atoms with Crippen molar-refractivity contribution in [3.63, 3.8) is 0 Å². The van der Waals surface area contributed by atoms with E-state index in [1.54, 1.807) is 12.1 Å². The summed E-state index contributed by atoms with van der Waals surface area (Å²) in [5.74, 6) is 1.26. The lowest BCUT2D eigenvalue weighted by Crippen LogP contribution is -2.45. The number of likely N-dealkylation sites (tertiary alicyclic amines) is 1. The Labute approximate surface area is 141 Å². The Hall–Kier alpha value is -2.33. The van der Waals surface area contributed by atoms with Crippen LogP contribution in [0, 0.1) is 18.3 Å². The Bertz CT molecular complexity index is 839. The van der Waals surface area contributed by atoms with E-state index in [4.69, 9.17) is 6.42 Å². The zero-order valence-corrected chi connectivity index (χ0v) is 13.9. The van der Waals surface area contributed by atoms with E-state index in [0.717, 1.165) is 18.4 Å². The van der Waals surface area contributed by atoms with Crippen molar-refractivity contribution in [3.05, 3.63) is 23.8 Å². The predicted molar refractivity (Wildman–Crippen MR) is 89.0 cm³/mol. The normalized spacial score (nSPS) is 21.6. The molecule has 24 heavy (non-hydrogen) atoms. The maximum atomic E-state index is 12.3. The molecule has 0 spiro atoms. The van der Waals surface area contributed by atoms with Gasteiger partial charge in [-0.1, -0.05) is 6.07 Å². The Balaban J connectivity index is 1.71. The van der Waals surface area contributed by atoms with Gasteiger partial charge in [-0.05, 0) is 37.0 Å². The zero-order valence-electron chi connectivity index (χ0n) is 13.1. The van der Waals surface area contributed by atoms with E-state index in [9.17, 15) is 18.0 Å². The molecule has 1 aromatic rings. The number of benzene rings is 1. The smallest absolute Gasteiger partial charge is 0.313 e. The summed E-state index contributed by atoms with van der Waals surface area (Å²) in [4.78, 5) is 26.1. The first-order valence-corrected chi connectivity index (χ1v) is 9.48. The Morgan fingerprint density at radius 3 is 2.88 bits per heavy atom. The summed E-state index contributed by atoms with van der Waals surface area (Å²) >= 11 is 0. The van der Waals surface area contributed by atoms with Crippen LogP contribution in [-0.2, 0) is 25.8 Å². The minimum Gasteiger partial charge on any atom is -0.333 e. The molecule has 1 aromatic carbocycles. The highest BCUT2D eigenvalue weighted by atomic mass is 32.2. The standard InChI is InChI=1S/C17H18N2O4S/c1-2-12-4-3-8-19(11-12)17(21)16(20)18-14-6-5-13-7-9-24(22,23)15(13)10-14/h1,5-6,10,12H,3-4,7-9,11H2,(H,18,20). The van der Waals surface area contributed by atoms with E-state index >= 15 is 0 Å². The van der Waals surface area contributed by atoms with E-state index in [2.05, 4.69) is 11.2 Å². The first kappa shape index (κ1) is 16.5. The van der Waals surface area contributed by atoms with Gasteiger partial charge in [0.2, 0.25) is 0 Å². The molecule has 2 amide bonds. The lowest BCUT2D eigenvalue weighted by molar-refractivity contribution is -0.144. The van der Waals surface area contributed by atoms with E-state index in [0.29, 0.717) is 25.2 Å². The van der Waals surface area contributed by atoms with Crippen LogP contribution in [-0.4, -0.2) is 44.0 Å². The average molecular weight is 346 g/mol. The van der Waals surface area contributed by atoms with Crippen molar-refractivity contribution in [2.45, 2.75) is 24.2 Å². The molecule has 0 aliphatic carbocycles. The van der Waals surface area contributed by atoms with Crippen molar-refractivity contribution >= 4 is 27.3 Å². The number of piperidine rings is 1. The quantitative estimate of drug-likeness (QED) is 0.603. The minimum atomic E-state index is -3.28. The Kier molecular flexibility index (Phi) is 4.33. The molecule has 2 aliphatic rings. The first-order valence-electron chi connectivity index (χ1n) is 7.83. The second kappa shape index (κ2) is 6.29. The third-order valence-corrected chi connectivity index (χ3v) is 6.23. The van der Waals surface area contributed by atoms with Crippen LogP contribution in [0.4, 0.5) is 5.69 Å². The number of carbonyl (C=O) groups excluding carboxylic acids is 2. The SMILES string of the molecule is C#CC1CCCN(C(=O)C(=O)Nc2ccc3c(c2)S(=O)(=O)CC3)C1. The van der Waals surface area contributed by atoms with E-state index in [1.807, 2.05) is 0 Å². The van der Waals surface area contributed by atoms with Crippen molar-refractivity contribution in [2.24, 2.45) is 5.92 Å². The minimum absolute atomic E-state index is 0.0272. The monoisotopic (exact) mass is 346 g/mol. The summed E-state index contributed by atoms with van der Waals surface area (Å²) in [7, 11) is -3.28. The molecule has 1 N–H and O–H groups in total. The van der Waals surface area contributed by atoms with Gasteiger partial charge in [-0.15, -0.1) is 12.3 Å². The van der Waals surface area contributed by atoms with Crippen molar-refractivity contribution in [1.29, 1.82) is 0 Å². The average Bonchev–Trinajstić information content (AvgIpc) is 2.89. The number of terminal acetylenes is 1. The van der Waals surface area contributed by atoms with Crippen LogP contribution in [0.25, 0.3) is 0 Å². The number of rotatable bonds is 1. The number of carbonyl (C=O) groups is 2. The summed E-state index contributed by atoms with van der Waals surface area (Å²) in [5.41, 5.74) is 1.05. The Morgan fingerprint density at radius 1 is 1.33 bits per heavy atom. The lowest BCUT2D eigenvalue weighted by atomic mass is 9.99. The second-order valence-corrected chi connectivity index (χ2v) is 8.18. The van der Waals surface area contributed by atoms with Crippen LogP contribution in [0.1, 0.15) is 18.4 Å². The first-order chi connectivity index (χ1) is 11.4. The van der Waals surface area contributed by atoms with Crippen LogP contribution >= 0.6 is 0 Å². The van der Waals surface area contributed by atoms with Gasteiger partial charge in [0.15, 0.2) is 9.84 Å². The van der Waals surface area contributed by atoms with E-state index < -0.39 is 21.7 Å². The molecule has 126 valence electrons. The summed E-state index contributed by atoms with van der Waals surface area (Å²) in [5, 5.41) is 2.49. The highest BCUT2D eigenvalue weighted by Gasteiger charge is 2.29. The van der Waals surface area contributed by atoms with Gasteiger partial charge in [0.05, 0.1) is 10.6 Å². The summed E-state index contributed by atoms with van der Waals surface area (Å²) < 4.78 is 23.9. The van der Waals surface area contributed by atoms with Crippen molar-refractivity contribution in [2.75, 3.05) is 24.2 Å². The van der Waals surface area contributed by atoms with E-state index in [1.165, 1.54) is 11.0 Å². The molecule has 1 saturated heterocycles. The Morgan fingerprint density at radius 2 is 2.12 bits per heavy atom. The van der Waals surface area contributed by atoms with Gasteiger partial charge in [0.25, 0.3) is 0 Å². The molecule has 3 rings (SSSR count). The van der Waals surface area contributed by atoms with Crippen molar-refractivity contribution < 1.29 is 18.0 Å². The van der Waals surface area contributed by atoms with Crippen LogP contribution in [0.15, 0.2) is 23.1 Å². The number of anilines is 1. The lowest BCUT2D eigenvalue weighted by Gasteiger charge is -2.29. The van der Waals surface area contributed by atoms with Crippen molar-refractivity contribution in [1.82, 2.24) is 4.90 Å². The molecule has 0 aromatic heterocycles. The predicted octanol–water partition coefficient (Wildman–Crippen LogP) is 0.827. The molecule has 1 fully saturated rings. The number of nitrogens with zero attached hydrogens (tertiary/aromatic N) is 1. The van der Waals surface area contributed by atoms with Gasteiger partial charge >= 0.3 is 11.8 Å². The van der Waals surface area contributed by atoms with Crippen LogP contribution in [0.2, 0.25) is 0 Å². The van der Waals surface area contributed by atoms with E-state index in [-0.39, 0.29) is 16.6 Å². The molecule has 0 radical (unpaired) electrons. The topological polar surface area (TPSA) is 83.6 Å². The van der Waals surface area contributed by atoms with Crippen LogP contribution in [0.3, 0.4) is 0 Å². The number of hydrogen-bond donors (Lipinski definition) is 1. The number of sulfone groups is 1. The largest absolute Gasteiger partial charge is 0.333 e. The molecular formula is C17H18N2O4S. The van der Waals surface area contributed by atoms with Gasteiger partial charge in [0, 0.05) is 24.7 Å². The van der Waals surface area contributed by atoms with Gasteiger partial charge in [-0.3, -0.25) is 9.59 Å². The molecule has 0 saturated carbocycles. The van der Waals surface area contributed by atoms with Gasteiger partial charge < -0.3 is 10.2 Å². The second-order valence-electron chi connectivity index (χ2n) is 6.10. The number of nitrogens with one attached hydrogen (secondary N) is 1. The molecule has 2 aliphatic heterocycles. The molecule has 7 heteroatoms. The number of amides is 2. The molecule has 6 nitrogen and oxygen atoms in total. The van der Waals surface area contributed by atoms with Gasteiger partial charge in [-0.25, -0.2) is 8.42 Å². The number of fused-ring (bicyclic) bond motifs is 1. The fourth-order valence-corrected chi connectivity index (χ4v) is 4.69. The van der Waals surface area contributed by atoms with Crippen LogP contribution < -0.4 is 5.32 Å². The third kappa shape index (κ3) is 3.15. The maximum Gasteiger partial charge on any atom is 0.313 e. The van der Waals surface area contributed by atoms with Crippen molar-refractivity contribution in [3.8, 4) is 12.3 Å². The molecule has 1 atom stereocenters. The highest BCUT2D eigenvalue weighted by Crippen LogP contribution is 2.28. The summed E-state index contributed by atoms with van der Waals surface area (Å²) in [6, 6.07) is 4.71. The molecule has 1 unspecified atom stereocenters. The summed E-state index contributed by atoms with van der Waals surface area (Å²) in [6.45, 7) is 0.879. The zero-order chi connectivity index (χ0) is 17.3. The maximum absolute atomic E-state index is 12.3. The number of aryl methyl sites for hydroxylation is 1. The third-order valence-electron chi connectivity index (χ3n) is 4.44. The van der Waals surface area contributed by atoms with Gasteiger partial charge in [0.1, 0.15) is 0 Å².